The maximum absolute atomic E-state index is 6.82. The largest absolute Gasteiger partial charge is 0.487 e. The van der Waals surface area contributed by atoms with E-state index in [0.717, 1.165) is 40.9 Å². The van der Waals surface area contributed by atoms with Crippen LogP contribution in [0.1, 0.15) is 61.3 Å². The SMILES string of the molecule is CCCCCCC=C1OC(COCc2ccccc2)C(OCc2ccccc2)C(OCc2ccccc2)C1OCc1ccccc1. The molecule has 5 rings (SSSR count). The molecule has 0 saturated carbocycles. The molecule has 5 nitrogen and oxygen atoms in total. The van der Waals surface area contributed by atoms with Crippen LogP contribution in [-0.2, 0) is 50.1 Å². The summed E-state index contributed by atoms with van der Waals surface area (Å²) in [5.41, 5.74) is 4.40. The van der Waals surface area contributed by atoms with Gasteiger partial charge >= 0.3 is 0 Å². The van der Waals surface area contributed by atoms with Crippen LogP contribution < -0.4 is 0 Å². The van der Waals surface area contributed by atoms with Gasteiger partial charge in [-0.25, -0.2) is 0 Å². The first-order valence-electron chi connectivity index (χ1n) is 16.7. The first-order chi connectivity index (χ1) is 22.8. The van der Waals surface area contributed by atoms with Crippen molar-refractivity contribution < 1.29 is 23.7 Å². The smallest absolute Gasteiger partial charge is 0.150 e. The Hall–Kier alpha value is -3.74. The topological polar surface area (TPSA) is 46.2 Å². The van der Waals surface area contributed by atoms with E-state index in [4.69, 9.17) is 23.7 Å². The highest BCUT2D eigenvalue weighted by Crippen LogP contribution is 2.33. The third kappa shape index (κ3) is 10.7. The summed E-state index contributed by atoms with van der Waals surface area (Å²) in [6.45, 7) is 4.39. The second kappa shape index (κ2) is 19.0. The lowest BCUT2D eigenvalue weighted by Gasteiger charge is -2.43. The minimum absolute atomic E-state index is 0.359. The van der Waals surface area contributed by atoms with Crippen molar-refractivity contribution in [1.82, 2.24) is 0 Å². The fourth-order valence-corrected chi connectivity index (χ4v) is 5.69. The van der Waals surface area contributed by atoms with Crippen molar-refractivity contribution in [2.45, 2.75) is 89.9 Å². The number of hydrogen-bond acceptors (Lipinski definition) is 5. The summed E-state index contributed by atoms with van der Waals surface area (Å²) in [6, 6.07) is 41.0. The monoisotopic (exact) mass is 620 g/mol. The Morgan fingerprint density at radius 1 is 0.543 bits per heavy atom. The molecule has 0 N–H and O–H groups in total. The molecule has 0 bridgehead atoms. The van der Waals surface area contributed by atoms with Crippen molar-refractivity contribution in [1.29, 1.82) is 0 Å². The standard InChI is InChI=1S/C41H48O5/c1-2-3-4-5-18-27-37-39(43-29-34-21-12-7-13-22-34)41(45-31-36-25-16-9-17-26-36)40(44-30-35-23-14-8-15-24-35)38(46-37)32-42-28-33-19-10-6-11-20-33/h6-17,19-27,38-41H,2-5,18,28-32H2,1H3. The van der Waals surface area contributed by atoms with Gasteiger partial charge in [0.25, 0.3) is 0 Å². The minimum atomic E-state index is -0.443. The maximum Gasteiger partial charge on any atom is 0.150 e. The highest BCUT2D eigenvalue weighted by molar-refractivity contribution is 5.18. The molecule has 0 radical (unpaired) electrons. The van der Waals surface area contributed by atoms with Crippen LogP contribution in [0, 0.1) is 0 Å². The Labute approximate surface area is 275 Å². The van der Waals surface area contributed by atoms with E-state index in [-0.39, 0.29) is 6.10 Å². The predicted molar refractivity (Wildman–Crippen MR) is 183 cm³/mol. The fraction of sp³-hybridized carbons (Fsp3) is 0.366. The molecule has 0 amide bonds. The second-order valence-corrected chi connectivity index (χ2v) is 11.9. The van der Waals surface area contributed by atoms with Crippen LogP contribution in [-0.4, -0.2) is 31.0 Å². The molecule has 5 heteroatoms. The second-order valence-electron chi connectivity index (χ2n) is 11.9. The zero-order valence-corrected chi connectivity index (χ0v) is 27.0. The third-order valence-electron chi connectivity index (χ3n) is 8.20. The van der Waals surface area contributed by atoms with E-state index in [1.165, 1.54) is 19.3 Å². The highest BCUT2D eigenvalue weighted by Gasteiger charge is 2.46. The molecule has 4 aromatic rings. The van der Waals surface area contributed by atoms with Gasteiger partial charge in [-0.3, -0.25) is 0 Å². The summed E-state index contributed by atoms with van der Waals surface area (Å²) < 4.78 is 33.4. The van der Waals surface area contributed by atoms with E-state index in [0.29, 0.717) is 33.0 Å². The Balaban J connectivity index is 1.43. The minimum Gasteiger partial charge on any atom is -0.487 e. The molecule has 4 unspecified atom stereocenters. The van der Waals surface area contributed by atoms with Gasteiger partial charge in [-0.2, -0.15) is 0 Å². The summed E-state index contributed by atoms with van der Waals surface area (Å²) in [7, 11) is 0. The average molecular weight is 621 g/mol. The van der Waals surface area contributed by atoms with Crippen molar-refractivity contribution in [2.75, 3.05) is 6.61 Å². The van der Waals surface area contributed by atoms with Crippen LogP contribution in [0.15, 0.2) is 133 Å². The van der Waals surface area contributed by atoms with Gasteiger partial charge in [-0.1, -0.05) is 148 Å². The van der Waals surface area contributed by atoms with Crippen LogP contribution in [0.5, 0.6) is 0 Å². The number of allylic oxidation sites excluding steroid dienone is 1. The molecule has 1 aliphatic heterocycles. The molecule has 1 aliphatic rings. The third-order valence-corrected chi connectivity index (χ3v) is 8.20. The highest BCUT2D eigenvalue weighted by atomic mass is 16.6. The van der Waals surface area contributed by atoms with E-state index < -0.39 is 18.3 Å². The van der Waals surface area contributed by atoms with Gasteiger partial charge in [-0.05, 0) is 41.2 Å². The van der Waals surface area contributed by atoms with Gasteiger partial charge in [0.2, 0.25) is 0 Å². The Bertz CT molecular complexity index is 1390. The molecule has 0 aromatic heterocycles. The summed E-state index contributed by atoms with van der Waals surface area (Å²) in [5, 5.41) is 0. The van der Waals surface area contributed by atoms with Crippen LogP contribution in [0.25, 0.3) is 0 Å². The normalized spacial score (nSPS) is 20.4. The number of benzene rings is 4. The Morgan fingerprint density at radius 3 is 1.54 bits per heavy atom. The van der Waals surface area contributed by atoms with Crippen LogP contribution in [0.3, 0.4) is 0 Å². The van der Waals surface area contributed by atoms with Gasteiger partial charge in [0, 0.05) is 0 Å². The quantitative estimate of drug-likeness (QED) is 0.104. The first kappa shape index (κ1) is 33.6. The zero-order valence-electron chi connectivity index (χ0n) is 27.0. The van der Waals surface area contributed by atoms with Gasteiger partial charge in [0.1, 0.15) is 24.1 Å². The lowest BCUT2D eigenvalue weighted by Crippen LogP contribution is -2.56. The maximum atomic E-state index is 6.82. The van der Waals surface area contributed by atoms with Crippen LogP contribution in [0.4, 0.5) is 0 Å². The lowest BCUT2D eigenvalue weighted by atomic mass is 9.96. The lowest BCUT2D eigenvalue weighted by molar-refractivity contribution is -0.223. The summed E-state index contributed by atoms with van der Waals surface area (Å²) in [6.07, 6.45) is 6.17. The summed E-state index contributed by atoms with van der Waals surface area (Å²) >= 11 is 0. The molecule has 46 heavy (non-hydrogen) atoms. The van der Waals surface area contributed by atoms with Crippen LogP contribution in [0.2, 0.25) is 0 Å². The van der Waals surface area contributed by atoms with Gasteiger partial charge in [-0.15, -0.1) is 0 Å². The van der Waals surface area contributed by atoms with E-state index in [1.807, 2.05) is 72.8 Å². The van der Waals surface area contributed by atoms with Crippen molar-refractivity contribution in [3.63, 3.8) is 0 Å². The molecular weight excluding hydrogens is 572 g/mol. The van der Waals surface area contributed by atoms with Crippen molar-refractivity contribution in [3.8, 4) is 0 Å². The Kier molecular flexibility index (Phi) is 13.9. The Morgan fingerprint density at radius 2 is 1.02 bits per heavy atom. The summed E-state index contributed by atoms with van der Waals surface area (Å²) in [5.74, 6) is 0.804. The van der Waals surface area contributed by atoms with Crippen molar-refractivity contribution in [3.05, 3.63) is 155 Å². The van der Waals surface area contributed by atoms with Crippen molar-refractivity contribution >= 4 is 0 Å². The van der Waals surface area contributed by atoms with E-state index in [9.17, 15) is 0 Å². The van der Waals surface area contributed by atoms with Gasteiger partial charge in [0.15, 0.2) is 6.10 Å². The fourth-order valence-electron chi connectivity index (χ4n) is 5.69. The number of unbranched alkanes of at least 4 members (excludes halogenated alkanes) is 4. The zero-order chi connectivity index (χ0) is 31.7. The number of ether oxygens (including phenoxy) is 5. The van der Waals surface area contributed by atoms with Gasteiger partial charge in [0.05, 0.1) is 33.0 Å². The number of rotatable bonds is 18. The van der Waals surface area contributed by atoms with E-state index in [2.05, 4.69) is 61.5 Å². The van der Waals surface area contributed by atoms with Crippen LogP contribution >= 0.6 is 0 Å². The van der Waals surface area contributed by atoms with E-state index in [1.54, 1.807) is 0 Å². The average Bonchev–Trinajstić information content (AvgIpc) is 3.11. The van der Waals surface area contributed by atoms with E-state index >= 15 is 0 Å². The molecular formula is C41H48O5. The molecule has 4 atom stereocenters. The molecule has 1 saturated heterocycles. The van der Waals surface area contributed by atoms with Crippen molar-refractivity contribution in [2.24, 2.45) is 0 Å². The molecule has 1 fully saturated rings. The van der Waals surface area contributed by atoms with Gasteiger partial charge < -0.3 is 23.7 Å². The molecule has 242 valence electrons. The molecule has 4 aromatic carbocycles. The molecule has 0 spiro atoms. The predicted octanol–water partition coefficient (Wildman–Crippen LogP) is 9.21. The molecule has 1 heterocycles. The molecule has 0 aliphatic carbocycles. The number of hydrogen-bond donors (Lipinski definition) is 0. The summed E-state index contributed by atoms with van der Waals surface area (Å²) in [4.78, 5) is 0. The first-order valence-corrected chi connectivity index (χ1v) is 16.7.